The van der Waals surface area contributed by atoms with E-state index in [1.165, 1.54) is 37.7 Å². The van der Waals surface area contributed by atoms with E-state index in [1.807, 2.05) is 0 Å². The minimum absolute atomic E-state index is 0.00706. The van der Waals surface area contributed by atoms with Crippen molar-refractivity contribution in [1.29, 1.82) is 0 Å². The molecule has 1 heterocycles. The van der Waals surface area contributed by atoms with E-state index in [4.69, 9.17) is 9.47 Å². The number of allylic oxidation sites excluding steroid dienone is 3. The van der Waals surface area contributed by atoms with Crippen molar-refractivity contribution in [2.45, 2.75) is 44.8 Å². The molecule has 2 heteroatoms. The minimum Gasteiger partial charge on any atom is -0.350 e. The quantitative estimate of drug-likeness (QED) is 0.709. The van der Waals surface area contributed by atoms with Gasteiger partial charge in [0.05, 0.1) is 13.2 Å². The van der Waals surface area contributed by atoms with Crippen molar-refractivity contribution in [2.75, 3.05) is 13.2 Å². The van der Waals surface area contributed by atoms with Crippen LogP contribution in [0, 0.1) is 0 Å². The summed E-state index contributed by atoms with van der Waals surface area (Å²) in [7, 11) is 0. The number of ether oxygens (including phenoxy) is 2. The molecule has 0 bridgehead atoms. The number of hydrogen-bond acceptors (Lipinski definition) is 2. The van der Waals surface area contributed by atoms with Crippen molar-refractivity contribution in [3.05, 3.63) is 23.8 Å². The first-order chi connectivity index (χ1) is 7.45. The van der Waals surface area contributed by atoms with Gasteiger partial charge in [-0.2, -0.15) is 0 Å². The Bertz CT molecular complexity index is 237. The second-order valence-electron chi connectivity index (χ2n) is 4.19. The number of hydrogen-bond donors (Lipinski definition) is 0. The summed E-state index contributed by atoms with van der Waals surface area (Å²) >= 11 is 0. The topological polar surface area (TPSA) is 18.5 Å². The zero-order chi connectivity index (χ0) is 10.3. The van der Waals surface area contributed by atoms with Gasteiger partial charge in [-0.25, -0.2) is 0 Å². The first kappa shape index (κ1) is 10.9. The third kappa shape index (κ3) is 3.80. The minimum atomic E-state index is 0.00706. The summed E-state index contributed by atoms with van der Waals surface area (Å²) in [6.45, 7) is 1.50. The van der Waals surface area contributed by atoms with Gasteiger partial charge in [0.2, 0.25) is 0 Å². The van der Waals surface area contributed by atoms with Crippen LogP contribution in [-0.2, 0) is 9.47 Å². The molecular weight excluding hydrogens is 188 g/mol. The lowest BCUT2D eigenvalue weighted by atomic mass is 10.1. The van der Waals surface area contributed by atoms with Gasteiger partial charge in [-0.3, -0.25) is 0 Å². The third-order valence-corrected chi connectivity index (χ3v) is 2.93. The van der Waals surface area contributed by atoms with Crippen LogP contribution in [0.2, 0.25) is 0 Å². The van der Waals surface area contributed by atoms with Gasteiger partial charge in [0.25, 0.3) is 0 Å². The molecule has 0 amide bonds. The second-order valence-corrected chi connectivity index (χ2v) is 4.19. The van der Waals surface area contributed by atoms with E-state index in [9.17, 15) is 0 Å². The summed E-state index contributed by atoms with van der Waals surface area (Å²) in [5.41, 5.74) is 1.49. The summed E-state index contributed by atoms with van der Waals surface area (Å²) in [4.78, 5) is 0. The maximum absolute atomic E-state index is 5.37. The van der Waals surface area contributed by atoms with Crippen molar-refractivity contribution < 1.29 is 9.47 Å². The fourth-order valence-corrected chi connectivity index (χ4v) is 2.06. The molecule has 2 aliphatic rings. The summed E-state index contributed by atoms with van der Waals surface area (Å²) in [5.74, 6) is 0. The summed E-state index contributed by atoms with van der Waals surface area (Å²) < 4.78 is 10.7. The molecule has 0 aromatic carbocycles. The van der Waals surface area contributed by atoms with Gasteiger partial charge in [0.15, 0.2) is 6.29 Å². The maximum atomic E-state index is 5.37. The van der Waals surface area contributed by atoms with Gasteiger partial charge in [-0.05, 0) is 25.7 Å². The molecule has 0 atom stereocenters. The highest BCUT2D eigenvalue weighted by atomic mass is 16.7. The average Bonchev–Trinajstić information content (AvgIpc) is 2.62. The predicted molar refractivity (Wildman–Crippen MR) is 60.6 cm³/mol. The lowest BCUT2D eigenvalue weighted by Gasteiger charge is -2.04. The molecule has 1 aliphatic carbocycles. The van der Waals surface area contributed by atoms with Crippen LogP contribution in [0.3, 0.4) is 0 Å². The van der Waals surface area contributed by atoms with Crippen molar-refractivity contribution in [3.8, 4) is 0 Å². The van der Waals surface area contributed by atoms with E-state index in [-0.39, 0.29) is 6.29 Å². The first-order valence-corrected chi connectivity index (χ1v) is 6.04. The fraction of sp³-hybridized carbons (Fsp3) is 0.692. The molecule has 0 spiro atoms. The van der Waals surface area contributed by atoms with Crippen LogP contribution < -0.4 is 0 Å². The van der Waals surface area contributed by atoms with Crippen LogP contribution in [0.15, 0.2) is 23.8 Å². The summed E-state index contributed by atoms with van der Waals surface area (Å²) in [5, 5.41) is 0. The molecule has 2 rings (SSSR count). The molecule has 2 nitrogen and oxygen atoms in total. The van der Waals surface area contributed by atoms with Gasteiger partial charge in [0.1, 0.15) is 0 Å². The monoisotopic (exact) mass is 208 g/mol. The van der Waals surface area contributed by atoms with Crippen LogP contribution in [0.25, 0.3) is 0 Å². The highest BCUT2D eigenvalue weighted by Gasteiger charge is 2.13. The van der Waals surface area contributed by atoms with E-state index >= 15 is 0 Å². The zero-order valence-corrected chi connectivity index (χ0v) is 9.28. The normalized spacial score (nSPS) is 24.4. The van der Waals surface area contributed by atoms with Crippen molar-refractivity contribution in [2.24, 2.45) is 0 Å². The Morgan fingerprint density at radius 1 is 1.20 bits per heavy atom. The molecule has 0 aromatic heterocycles. The van der Waals surface area contributed by atoms with Crippen LogP contribution in [-0.4, -0.2) is 19.5 Å². The molecule has 15 heavy (non-hydrogen) atoms. The highest BCUT2D eigenvalue weighted by molar-refractivity contribution is 5.19. The standard InChI is InChI=1S/C13H20O2/c1-2-4-7-12(6-3-1)8-5-9-13-14-10-11-15-13/h5-6,8,13H,1-4,7,9-11H2/b8-5+. The lowest BCUT2D eigenvalue weighted by molar-refractivity contribution is -0.0380. The van der Waals surface area contributed by atoms with Gasteiger partial charge in [0, 0.05) is 6.42 Å². The summed E-state index contributed by atoms with van der Waals surface area (Å²) in [6.07, 6.45) is 14.3. The Morgan fingerprint density at radius 3 is 2.93 bits per heavy atom. The molecule has 1 aliphatic heterocycles. The van der Waals surface area contributed by atoms with Gasteiger partial charge < -0.3 is 9.47 Å². The van der Waals surface area contributed by atoms with Gasteiger partial charge in [-0.1, -0.05) is 30.2 Å². The largest absolute Gasteiger partial charge is 0.350 e. The molecule has 0 N–H and O–H groups in total. The van der Waals surface area contributed by atoms with Gasteiger partial charge >= 0.3 is 0 Å². The highest BCUT2D eigenvalue weighted by Crippen LogP contribution is 2.18. The molecule has 1 saturated heterocycles. The first-order valence-electron chi connectivity index (χ1n) is 6.04. The van der Waals surface area contributed by atoms with Crippen LogP contribution in [0.5, 0.6) is 0 Å². The molecule has 84 valence electrons. The van der Waals surface area contributed by atoms with Crippen LogP contribution in [0.4, 0.5) is 0 Å². The third-order valence-electron chi connectivity index (χ3n) is 2.93. The predicted octanol–water partition coefficient (Wildman–Crippen LogP) is 3.20. The van der Waals surface area contributed by atoms with E-state index in [0.29, 0.717) is 0 Å². The zero-order valence-electron chi connectivity index (χ0n) is 9.28. The molecular formula is C13H20O2. The molecule has 0 unspecified atom stereocenters. The molecule has 0 saturated carbocycles. The fourth-order valence-electron chi connectivity index (χ4n) is 2.06. The van der Waals surface area contributed by atoms with Crippen molar-refractivity contribution in [3.63, 3.8) is 0 Å². The lowest BCUT2D eigenvalue weighted by Crippen LogP contribution is -2.04. The second kappa shape index (κ2) is 6.09. The molecule has 1 fully saturated rings. The van der Waals surface area contributed by atoms with E-state index < -0.39 is 0 Å². The average molecular weight is 208 g/mol. The van der Waals surface area contributed by atoms with Crippen LogP contribution in [0.1, 0.15) is 38.5 Å². The Balaban J connectivity index is 1.74. The Labute approximate surface area is 92.0 Å². The number of rotatable bonds is 3. The SMILES string of the molecule is C1=C(/C=C/CC2OCCO2)CCCCC1. The Hall–Kier alpha value is -0.600. The maximum Gasteiger partial charge on any atom is 0.161 e. The van der Waals surface area contributed by atoms with E-state index in [0.717, 1.165) is 19.6 Å². The van der Waals surface area contributed by atoms with Crippen molar-refractivity contribution >= 4 is 0 Å². The Kier molecular flexibility index (Phi) is 4.42. The molecule has 0 aromatic rings. The van der Waals surface area contributed by atoms with E-state index in [2.05, 4.69) is 18.2 Å². The van der Waals surface area contributed by atoms with Crippen molar-refractivity contribution in [1.82, 2.24) is 0 Å². The van der Waals surface area contributed by atoms with E-state index in [1.54, 1.807) is 0 Å². The molecule has 0 radical (unpaired) electrons. The van der Waals surface area contributed by atoms with Gasteiger partial charge in [-0.15, -0.1) is 0 Å². The Morgan fingerprint density at radius 2 is 2.07 bits per heavy atom. The van der Waals surface area contributed by atoms with Crippen LogP contribution >= 0.6 is 0 Å². The smallest absolute Gasteiger partial charge is 0.161 e. The summed E-state index contributed by atoms with van der Waals surface area (Å²) in [6, 6.07) is 0.